The highest BCUT2D eigenvalue weighted by Gasteiger charge is 2.25. The van der Waals surface area contributed by atoms with Gasteiger partial charge < -0.3 is 14.9 Å². The second kappa shape index (κ2) is 9.82. The molecule has 0 bridgehead atoms. The predicted octanol–water partition coefficient (Wildman–Crippen LogP) is 2.46. The minimum atomic E-state index is -0.250. The molecule has 0 unspecified atom stereocenters. The minimum Gasteiger partial charge on any atom is -0.483 e. The van der Waals surface area contributed by atoms with E-state index in [2.05, 4.69) is 18.7 Å². The Morgan fingerprint density at radius 1 is 1.23 bits per heavy atom. The van der Waals surface area contributed by atoms with E-state index in [9.17, 15) is 4.79 Å². The molecule has 22 heavy (non-hydrogen) atoms. The Hall–Kier alpha value is -1.10. The molecule has 1 amide bonds. The van der Waals surface area contributed by atoms with Crippen molar-refractivity contribution in [2.45, 2.75) is 58.4 Å². The van der Waals surface area contributed by atoms with Crippen molar-refractivity contribution >= 4 is 12.4 Å². The summed E-state index contributed by atoms with van der Waals surface area (Å²) in [6.07, 6.45) is 7.17. The third kappa shape index (κ3) is 6.34. The van der Waals surface area contributed by atoms with Crippen LogP contribution in [-0.2, 0) is 9.59 Å². The standard InChI is InChI=1S/C16H30N2O.CH2O2/c1-13(2)18-9-7-14(8-10-18)11-16(19)17(3)12-15-5-4-6-15;2-1-3/h13-15H,4-12H2,1-3H3;1H,(H,2,3). The first-order valence-electron chi connectivity index (χ1n) is 8.53. The molecule has 128 valence electrons. The summed E-state index contributed by atoms with van der Waals surface area (Å²) in [7, 11) is 1.99. The summed E-state index contributed by atoms with van der Waals surface area (Å²) < 4.78 is 0. The van der Waals surface area contributed by atoms with Crippen molar-refractivity contribution in [3.05, 3.63) is 0 Å². The molecule has 0 aromatic rings. The van der Waals surface area contributed by atoms with Gasteiger partial charge in [0, 0.05) is 26.1 Å². The first-order valence-corrected chi connectivity index (χ1v) is 8.53. The highest BCUT2D eigenvalue weighted by Crippen LogP contribution is 2.27. The zero-order valence-electron chi connectivity index (χ0n) is 14.3. The van der Waals surface area contributed by atoms with E-state index in [0.29, 0.717) is 17.9 Å². The fraction of sp³-hybridized carbons (Fsp3) is 0.882. The Kier molecular flexibility index (Phi) is 8.46. The van der Waals surface area contributed by atoms with Crippen molar-refractivity contribution in [1.29, 1.82) is 0 Å². The Balaban J connectivity index is 0.000000745. The SMILES string of the molecule is CC(C)N1CCC(CC(=O)N(C)CC2CCC2)CC1.O=CO. The van der Waals surface area contributed by atoms with E-state index in [-0.39, 0.29) is 6.47 Å². The van der Waals surface area contributed by atoms with Crippen molar-refractivity contribution < 1.29 is 14.7 Å². The summed E-state index contributed by atoms with van der Waals surface area (Å²) in [5.74, 6) is 1.78. The monoisotopic (exact) mass is 312 g/mol. The van der Waals surface area contributed by atoms with Crippen molar-refractivity contribution in [2.24, 2.45) is 11.8 Å². The van der Waals surface area contributed by atoms with Gasteiger partial charge in [-0.1, -0.05) is 6.42 Å². The minimum absolute atomic E-state index is 0.250. The van der Waals surface area contributed by atoms with Crippen LogP contribution in [0.2, 0.25) is 0 Å². The summed E-state index contributed by atoms with van der Waals surface area (Å²) in [6.45, 7) is 7.60. The quantitative estimate of drug-likeness (QED) is 0.792. The predicted molar refractivity (Wildman–Crippen MR) is 87.7 cm³/mol. The smallest absolute Gasteiger partial charge is 0.290 e. The van der Waals surface area contributed by atoms with Crippen LogP contribution < -0.4 is 0 Å². The molecule has 0 atom stereocenters. The van der Waals surface area contributed by atoms with E-state index >= 15 is 0 Å². The van der Waals surface area contributed by atoms with Crippen molar-refractivity contribution in [3.63, 3.8) is 0 Å². The largest absolute Gasteiger partial charge is 0.483 e. The van der Waals surface area contributed by atoms with Crippen LogP contribution in [0.1, 0.15) is 52.4 Å². The van der Waals surface area contributed by atoms with E-state index in [1.807, 2.05) is 11.9 Å². The van der Waals surface area contributed by atoms with Gasteiger partial charge in [-0.25, -0.2) is 0 Å². The van der Waals surface area contributed by atoms with Crippen LogP contribution in [0.4, 0.5) is 0 Å². The Morgan fingerprint density at radius 3 is 2.18 bits per heavy atom. The maximum atomic E-state index is 12.2. The number of likely N-dealkylation sites (tertiary alicyclic amines) is 1. The lowest BCUT2D eigenvalue weighted by atomic mass is 9.85. The number of carbonyl (C=O) groups is 2. The Morgan fingerprint density at radius 2 is 1.77 bits per heavy atom. The van der Waals surface area contributed by atoms with Gasteiger partial charge in [0.1, 0.15) is 0 Å². The van der Waals surface area contributed by atoms with Crippen molar-refractivity contribution in [2.75, 3.05) is 26.7 Å². The summed E-state index contributed by atoms with van der Waals surface area (Å²) >= 11 is 0. The summed E-state index contributed by atoms with van der Waals surface area (Å²) in [5, 5.41) is 6.89. The van der Waals surface area contributed by atoms with Crippen LogP contribution in [0.3, 0.4) is 0 Å². The topological polar surface area (TPSA) is 60.9 Å². The molecule has 1 saturated heterocycles. The summed E-state index contributed by atoms with van der Waals surface area (Å²) in [5.41, 5.74) is 0. The first kappa shape index (κ1) is 18.9. The lowest BCUT2D eigenvalue weighted by Crippen LogP contribution is -2.40. The van der Waals surface area contributed by atoms with Gasteiger partial charge in [-0.15, -0.1) is 0 Å². The molecule has 5 heteroatoms. The average Bonchev–Trinajstić information content (AvgIpc) is 2.44. The number of piperidine rings is 1. The van der Waals surface area contributed by atoms with Gasteiger partial charge in [0.2, 0.25) is 5.91 Å². The van der Waals surface area contributed by atoms with Gasteiger partial charge in [0.25, 0.3) is 6.47 Å². The van der Waals surface area contributed by atoms with E-state index in [1.165, 1.54) is 45.2 Å². The van der Waals surface area contributed by atoms with Gasteiger partial charge in [-0.05, 0) is 64.5 Å². The third-order valence-electron chi connectivity index (χ3n) is 5.03. The van der Waals surface area contributed by atoms with Crippen molar-refractivity contribution in [3.8, 4) is 0 Å². The van der Waals surface area contributed by atoms with Crippen molar-refractivity contribution in [1.82, 2.24) is 9.80 Å². The zero-order chi connectivity index (χ0) is 16.5. The molecule has 2 fully saturated rings. The molecular formula is C17H32N2O3. The highest BCUT2D eigenvalue weighted by molar-refractivity contribution is 5.76. The number of rotatable bonds is 5. The molecule has 0 aromatic heterocycles. The zero-order valence-corrected chi connectivity index (χ0v) is 14.3. The first-order chi connectivity index (χ1) is 10.5. The number of amides is 1. The molecule has 0 spiro atoms. The van der Waals surface area contributed by atoms with Crippen LogP contribution in [0.25, 0.3) is 0 Å². The molecule has 2 rings (SSSR count). The van der Waals surface area contributed by atoms with Gasteiger partial charge in [-0.2, -0.15) is 0 Å². The highest BCUT2D eigenvalue weighted by atomic mass is 16.3. The molecule has 0 aromatic carbocycles. The normalized spacial score (nSPS) is 20.0. The molecule has 1 aliphatic carbocycles. The van der Waals surface area contributed by atoms with Crippen LogP contribution in [0.15, 0.2) is 0 Å². The number of nitrogens with zero attached hydrogens (tertiary/aromatic N) is 2. The number of hydrogen-bond donors (Lipinski definition) is 1. The average molecular weight is 312 g/mol. The van der Waals surface area contributed by atoms with Gasteiger partial charge in [0.15, 0.2) is 0 Å². The van der Waals surface area contributed by atoms with Crippen LogP contribution in [0.5, 0.6) is 0 Å². The fourth-order valence-corrected chi connectivity index (χ4v) is 3.24. The van der Waals surface area contributed by atoms with Gasteiger partial charge >= 0.3 is 0 Å². The lowest BCUT2D eigenvalue weighted by Gasteiger charge is -2.35. The second-order valence-electron chi connectivity index (χ2n) is 6.95. The third-order valence-corrected chi connectivity index (χ3v) is 5.03. The molecule has 2 aliphatic rings. The van der Waals surface area contributed by atoms with E-state index in [4.69, 9.17) is 9.90 Å². The summed E-state index contributed by atoms with van der Waals surface area (Å²) in [6, 6.07) is 0.651. The molecule has 5 nitrogen and oxygen atoms in total. The molecule has 1 saturated carbocycles. The van der Waals surface area contributed by atoms with Crippen LogP contribution in [0, 0.1) is 11.8 Å². The second-order valence-corrected chi connectivity index (χ2v) is 6.95. The fourth-order valence-electron chi connectivity index (χ4n) is 3.24. The number of carboxylic acid groups (broad SMARTS) is 1. The van der Waals surface area contributed by atoms with E-state index in [0.717, 1.165) is 18.9 Å². The Bertz CT molecular complexity index is 335. The molecule has 1 aliphatic heterocycles. The van der Waals surface area contributed by atoms with Crippen LogP contribution >= 0.6 is 0 Å². The van der Waals surface area contributed by atoms with Gasteiger partial charge in [0.05, 0.1) is 0 Å². The lowest BCUT2D eigenvalue weighted by molar-refractivity contribution is -0.132. The van der Waals surface area contributed by atoms with E-state index in [1.54, 1.807) is 0 Å². The molecule has 1 heterocycles. The molecule has 0 radical (unpaired) electrons. The van der Waals surface area contributed by atoms with Gasteiger partial charge in [-0.3, -0.25) is 9.59 Å². The van der Waals surface area contributed by atoms with Crippen LogP contribution in [-0.4, -0.2) is 60.0 Å². The van der Waals surface area contributed by atoms with E-state index < -0.39 is 0 Å². The molecule has 1 N–H and O–H groups in total. The molecular weight excluding hydrogens is 280 g/mol. The number of carbonyl (C=O) groups excluding carboxylic acids is 1. The maximum Gasteiger partial charge on any atom is 0.290 e. The maximum absolute atomic E-state index is 12.2. The Labute approximate surface area is 134 Å². The number of hydrogen-bond acceptors (Lipinski definition) is 3. The summed E-state index contributed by atoms with van der Waals surface area (Å²) in [4.78, 5) is 25.1.